The number of aryl methyl sites for hydroxylation is 3. The molecule has 27 heavy (non-hydrogen) atoms. The molecule has 1 atom stereocenters. The van der Waals surface area contributed by atoms with Gasteiger partial charge < -0.3 is 9.55 Å². The minimum absolute atomic E-state index is 0.379. The summed E-state index contributed by atoms with van der Waals surface area (Å²) in [6.45, 7) is 5.99. The van der Waals surface area contributed by atoms with Crippen LogP contribution in [0.3, 0.4) is 0 Å². The molecule has 0 spiro atoms. The Hall–Kier alpha value is -2.13. The number of hydrogen-bond acceptors (Lipinski definition) is 6. The Balaban J connectivity index is 1.66. The lowest BCUT2D eigenvalue weighted by Crippen LogP contribution is -2.32. The van der Waals surface area contributed by atoms with E-state index in [1.807, 2.05) is 24.2 Å². The molecule has 7 nitrogen and oxygen atoms in total. The van der Waals surface area contributed by atoms with Gasteiger partial charge in [-0.25, -0.2) is 20.8 Å². The van der Waals surface area contributed by atoms with Crippen molar-refractivity contribution in [1.82, 2.24) is 35.9 Å². The highest BCUT2D eigenvalue weighted by Gasteiger charge is 2.20. The average molecular weight is 384 g/mol. The summed E-state index contributed by atoms with van der Waals surface area (Å²) in [5.74, 6) is 2.00. The molecule has 0 bridgehead atoms. The van der Waals surface area contributed by atoms with E-state index in [1.54, 1.807) is 0 Å². The molecule has 142 valence electrons. The monoisotopic (exact) mass is 383 g/mol. The van der Waals surface area contributed by atoms with E-state index < -0.39 is 0 Å². The summed E-state index contributed by atoms with van der Waals surface area (Å²) in [6.07, 6.45) is 2.83. The standard InChI is InChI=1S/C19H25N7S/c1-3-15-22-13(2)17(23-15)19-18(14-7-5-4-6-8-14)20-12-26(19)9-10-27-16-11-21-25-24-16/h4-8,12,16,21,24-25H,3,9-11H2,1-2H3,(H,22,23). The Bertz CT molecular complexity index is 881. The quantitative estimate of drug-likeness (QED) is 0.502. The molecule has 4 rings (SSSR count). The molecule has 1 saturated heterocycles. The second-order valence-corrected chi connectivity index (χ2v) is 7.83. The zero-order valence-electron chi connectivity index (χ0n) is 15.6. The number of aromatic nitrogens is 4. The van der Waals surface area contributed by atoms with Gasteiger partial charge in [-0.2, -0.15) is 5.53 Å². The largest absolute Gasteiger partial charge is 0.346 e. The fourth-order valence-corrected chi connectivity index (χ4v) is 4.18. The van der Waals surface area contributed by atoms with Gasteiger partial charge in [-0.3, -0.25) is 0 Å². The highest BCUT2D eigenvalue weighted by Crippen LogP contribution is 2.32. The second-order valence-electron chi connectivity index (χ2n) is 6.52. The van der Waals surface area contributed by atoms with Crippen LogP contribution in [0.4, 0.5) is 0 Å². The molecule has 1 unspecified atom stereocenters. The first-order valence-electron chi connectivity index (χ1n) is 9.27. The van der Waals surface area contributed by atoms with Crippen molar-refractivity contribution < 1.29 is 0 Å². The molecule has 3 aromatic rings. The predicted molar refractivity (Wildman–Crippen MR) is 110 cm³/mol. The van der Waals surface area contributed by atoms with Gasteiger partial charge in [0.05, 0.1) is 23.1 Å². The Morgan fingerprint density at radius 2 is 2.07 bits per heavy atom. The number of nitrogens with one attached hydrogen (secondary N) is 4. The van der Waals surface area contributed by atoms with Crippen LogP contribution >= 0.6 is 11.8 Å². The summed E-state index contributed by atoms with van der Waals surface area (Å²) in [7, 11) is 0. The summed E-state index contributed by atoms with van der Waals surface area (Å²) in [4.78, 5) is 13.0. The number of aromatic amines is 1. The normalized spacial score (nSPS) is 16.9. The molecule has 1 aromatic carbocycles. The first-order valence-corrected chi connectivity index (χ1v) is 10.3. The van der Waals surface area contributed by atoms with E-state index in [-0.39, 0.29) is 0 Å². The molecule has 0 amide bonds. The summed E-state index contributed by atoms with van der Waals surface area (Å²) < 4.78 is 2.23. The van der Waals surface area contributed by atoms with E-state index in [0.29, 0.717) is 5.37 Å². The zero-order valence-corrected chi connectivity index (χ0v) is 16.4. The van der Waals surface area contributed by atoms with Gasteiger partial charge in [0, 0.05) is 36.5 Å². The van der Waals surface area contributed by atoms with Crippen molar-refractivity contribution in [3.8, 4) is 22.6 Å². The van der Waals surface area contributed by atoms with E-state index in [9.17, 15) is 0 Å². The lowest BCUT2D eigenvalue weighted by atomic mass is 10.1. The van der Waals surface area contributed by atoms with Crippen molar-refractivity contribution >= 4 is 11.8 Å². The summed E-state index contributed by atoms with van der Waals surface area (Å²) in [5.41, 5.74) is 14.5. The third-order valence-electron chi connectivity index (χ3n) is 4.64. The molecule has 0 radical (unpaired) electrons. The third-order valence-corrected chi connectivity index (χ3v) is 5.74. The van der Waals surface area contributed by atoms with Crippen molar-refractivity contribution in [3.63, 3.8) is 0 Å². The minimum Gasteiger partial charge on any atom is -0.346 e. The fraction of sp³-hybridized carbons (Fsp3) is 0.368. The number of thioether (sulfide) groups is 1. The lowest BCUT2D eigenvalue weighted by Gasteiger charge is -2.11. The lowest BCUT2D eigenvalue weighted by molar-refractivity contribution is 0.586. The number of hydrazine groups is 2. The molecule has 4 N–H and O–H groups in total. The highest BCUT2D eigenvalue weighted by molar-refractivity contribution is 7.99. The van der Waals surface area contributed by atoms with E-state index >= 15 is 0 Å². The molecule has 1 fully saturated rings. The number of rotatable bonds is 7. The van der Waals surface area contributed by atoms with E-state index in [1.165, 1.54) is 0 Å². The summed E-state index contributed by atoms with van der Waals surface area (Å²) in [5, 5.41) is 0.379. The smallest absolute Gasteiger partial charge is 0.110 e. The molecule has 3 heterocycles. The number of imidazole rings is 2. The van der Waals surface area contributed by atoms with Crippen molar-refractivity contribution in [2.45, 2.75) is 32.2 Å². The Morgan fingerprint density at radius 1 is 1.22 bits per heavy atom. The van der Waals surface area contributed by atoms with Gasteiger partial charge in [0.2, 0.25) is 0 Å². The van der Waals surface area contributed by atoms with E-state index in [2.05, 4.69) is 64.1 Å². The van der Waals surface area contributed by atoms with Gasteiger partial charge in [0.15, 0.2) is 0 Å². The van der Waals surface area contributed by atoms with Crippen LogP contribution in [0.15, 0.2) is 36.7 Å². The van der Waals surface area contributed by atoms with Crippen molar-refractivity contribution in [3.05, 3.63) is 48.2 Å². The maximum absolute atomic E-state index is 4.85. The van der Waals surface area contributed by atoms with Gasteiger partial charge >= 0.3 is 0 Å². The van der Waals surface area contributed by atoms with Gasteiger partial charge in [-0.05, 0) is 6.92 Å². The van der Waals surface area contributed by atoms with Crippen LogP contribution in [-0.4, -0.2) is 37.2 Å². The molecule has 1 aliphatic heterocycles. The van der Waals surface area contributed by atoms with Crippen LogP contribution in [0.1, 0.15) is 18.4 Å². The molecule has 8 heteroatoms. The van der Waals surface area contributed by atoms with Gasteiger partial charge in [-0.15, -0.1) is 11.8 Å². The predicted octanol–water partition coefficient (Wildman–Crippen LogP) is 2.48. The Kier molecular flexibility index (Phi) is 5.58. The van der Waals surface area contributed by atoms with Gasteiger partial charge in [0.25, 0.3) is 0 Å². The van der Waals surface area contributed by atoms with Crippen LogP contribution in [0.25, 0.3) is 22.6 Å². The van der Waals surface area contributed by atoms with Gasteiger partial charge in [-0.1, -0.05) is 37.3 Å². The molecule has 0 aliphatic carbocycles. The molecule has 1 aliphatic rings. The number of H-pyrrole nitrogens is 1. The number of benzene rings is 1. The molecular weight excluding hydrogens is 358 g/mol. The highest BCUT2D eigenvalue weighted by atomic mass is 32.2. The third kappa shape index (κ3) is 3.93. The summed E-state index contributed by atoms with van der Waals surface area (Å²) >= 11 is 1.89. The SMILES string of the molecule is CCc1nc(-c2c(-c3ccccc3)ncn2CCSC2CNNN2)c(C)[nH]1. The van der Waals surface area contributed by atoms with Crippen molar-refractivity contribution in [2.24, 2.45) is 0 Å². The van der Waals surface area contributed by atoms with Crippen LogP contribution in [0, 0.1) is 6.92 Å². The van der Waals surface area contributed by atoms with Crippen LogP contribution in [0.2, 0.25) is 0 Å². The summed E-state index contributed by atoms with van der Waals surface area (Å²) in [6, 6.07) is 10.3. The molecule has 0 saturated carbocycles. The Labute approximate surface area is 163 Å². The minimum atomic E-state index is 0.379. The maximum atomic E-state index is 4.85. The van der Waals surface area contributed by atoms with Gasteiger partial charge in [0.1, 0.15) is 11.5 Å². The van der Waals surface area contributed by atoms with Crippen molar-refractivity contribution in [2.75, 3.05) is 12.3 Å². The topological polar surface area (TPSA) is 82.6 Å². The average Bonchev–Trinajstić information content (AvgIpc) is 3.42. The first kappa shape index (κ1) is 18.2. The van der Waals surface area contributed by atoms with Crippen LogP contribution in [0.5, 0.6) is 0 Å². The number of nitrogens with zero attached hydrogens (tertiary/aromatic N) is 3. The first-order chi connectivity index (χ1) is 13.3. The maximum Gasteiger partial charge on any atom is 0.110 e. The second kappa shape index (κ2) is 8.26. The van der Waals surface area contributed by atoms with E-state index in [0.717, 1.165) is 59.4 Å². The molecule has 2 aromatic heterocycles. The Morgan fingerprint density at radius 3 is 2.78 bits per heavy atom. The van der Waals surface area contributed by atoms with Crippen molar-refractivity contribution in [1.29, 1.82) is 0 Å². The fourth-order valence-electron chi connectivity index (χ4n) is 3.25. The zero-order chi connectivity index (χ0) is 18.6. The number of hydrogen-bond donors (Lipinski definition) is 4. The van der Waals surface area contributed by atoms with Crippen LogP contribution in [-0.2, 0) is 13.0 Å². The molecular formula is C19H25N7S. The van der Waals surface area contributed by atoms with E-state index in [4.69, 9.17) is 9.97 Å². The van der Waals surface area contributed by atoms with Crippen LogP contribution < -0.4 is 16.4 Å².